The Bertz CT molecular complexity index is 1140. The van der Waals surface area contributed by atoms with E-state index in [0.29, 0.717) is 23.6 Å². The van der Waals surface area contributed by atoms with Crippen molar-refractivity contribution in [2.75, 3.05) is 5.32 Å². The summed E-state index contributed by atoms with van der Waals surface area (Å²) < 4.78 is 19.0. The molecule has 0 aliphatic heterocycles. The third kappa shape index (κ3) is 3.93. The van der Waals surface area contributed by atoms with E-state index in [2.05, 4.69) is 20.6 Å². The van der Waals surface area contributed by atoms with E-state index in [1.165, 1.54) is 6.07 Å². The van der Waals surface area contributed by atoms with Crippen LogP contribution in [0.5, 0.6) is 0 Å². The van der Waals surface area contributed by atoms with Crippen molar-refractivity contribution in [3.8, 4) is 0 Å². The Hall–Kier alpha value is -3.75. The number of hydrogen-bond donors (Lipinski definition) is 1. The largest absolute Gasteiger partial charge is 0.317 e. The van der Waals surface area contributed by atoms with Crippen molar-refractivity contribution in [1.82, 2.24) is 29.3 Å². The number of carbonyl (C=O) groups is 1. The fourth-order valence-corrected chi connectivity index (χ4v) is 3.09. The van der Waals surface area contributed by atoms with Gasteiger partial charge in [-0.1, -0.05) is 18.2 Å². The number of halogens is 1. The minimum Gasteiger partial charge on any atom is -0.317 e. The zero-order valence-electron chi connectivity index (χ0n) is 16.1. The van der Waals surface area contributed by atoms with E-state index in [1.807, 2.05) is 19.2 Å². The Kier molecular flexibility index (Phi) is 4.94. The topological polar surface area (TPSA) is 82.6 Å². The predicted molar refractivity (Wildman–Crippen MR) is 105 cm³/mol. The van der Waals surface area contributed by atoms with Gasteiger partial charge >= 0.3 is 0 Å². The number of amides is 1. The van der Waals surface area contributed by atoms with Crippen LogP contribution < -0.4 is 5.32 Å². The van der Waals surface area contributed by atoms with E-state index in [9.17, 15) is 9.18 Å². The number of nitrogens with one attached hydrogen (secondary N) is 1. The fraction of sp³-hybridized carbons (Fsp3) is 0.200. The van der Waals surface area contributed by atoms with Crippen LogP contribution in [0, 0.1) is 19.7 Å². The van der Waals surface area contributed by atoms with E-state index in [1.54, 1.807) is 57.6 Å². The molecule has 3 aromatic heterocycles. The number of aromatic nitrogens is 6. The lowest BCUT2D eigenvalue weighted by Crippen LogP contribution is -2.16. The Morgan fingerprint density at radius 3 is 2.66 bits per heavy atom. The second kappa shape index (κ2) is 7.70. The highest BCUT2D eigenvalue weighted by atomic mass is 19.1. The Morgan fingerprint density at radius 1 is 1.07 bits per heavy atom. The molecule has 0 unspecified atom stereocenters. The van der Waals surface area contributed by atoms with Crippen LogP contribution in [0.1, 0.15) is 27.4 Å². The quantitative estimate of drug-likeness (QED) is 0.546. The van der Waals surface area contributed by atoms with Gasteiger partial charge in [-0.25, -0.2) is 4.39 Å². The summed E-state index contributed by atoms with van der Waals surface area (Å²) in [7, 11) is 0. The molecule has 0 saturated carbocycles. The number of nitrogens with zero attached hydrogens (tertiary/aromatic N) is 6. The minimum absolute atomic E-state index is 0.284. The molecule has 1 amide bonds. The number of hydrogen-bond acceptors (Lipinski definition) is 4. The van der Waals surface area contributed by atoms with Crippen LogP contribution in [0.3, 0.4) is 0 Å². The molecule has 1 N–H and O–H groups in total. The number of anilines is 1. The summed E-state index contributed by atoms with van der Waals surface area (Å²) in [6.07, 6.45) is 5.22. The maximum absolute atomic E-state index is 14.0. The van der Waals surface area contributed by atoms with Gasteiger partial charge in [0.25, 0.3) is 5.91 Å². The molecule has 0 fully saturated rings. The highest BCUT2D eigenvalue weighted by molar-refractivity contribution is 6.03. The maximum atomic E-state index is 14.0. The smallest absolute Gasteiger partial charge is 0.276 e. The number of rotatable bonds is 6. The molecule has 0 aliphatic carbocycles. The van der Waals surface area contributed by atoms with Crippen LogP contribution >= 0.6 is 0 Å². The summed E-state index contributed by atoms with van der Waals surface area (Å²) in [6.45, 7) is 4.34. The first-order chi connectivity index (χ1) is 14.0. The molecule has 4 aromatic rings. The highest BCUT2D eigenvalue weighted by Gasteiger charge is 2.17. The first kappa shape index (κ1) is 18.6. The Balaban J connectivity index is 1.49. The molecule has 1 aromatic carbocycles. The van der Waals surface area contributed by atoms with Gasteiger partial charge in [0.15, 0.2) is 5.69 Å². The SMILES string of the molecule is Cc1nn(Cc2ccccc2F)c(C)c1NC(=O)c1ccn(Cn2cccn2)n1. The molecule has 8 nitrogen and oxygen atoms in total. The standard InChI is InChI=1S/C20H20FN7O/c1-14-19(15(2)28(24-14)12-16-6-3-4-7-17(16)21)23-20(29)18-8-11-27(25-18)13-26-10-5-9-22-26/h3-11H,12-13H2,1-2H3,(H,23,29). The van der Waals surface area contributed by atoms with Crippen molar-refractivity contribution < 1.29 is 9.18 Å². The zero-order valence-corrected chi connectivity index (χ0v) is 16.1. The van der Waals surface area contributed by atoms with Gasteiger partial charge in [0.05, 0.1) is 23.6 Å². The molecule has 9 heteroatoms. The third-order valence-electron chi connectivity index (χ3n) is 4.62. The molecule has 0 radical (unpaired) electrons. The van der Waals surface area contributed by atoms with Crippen molar-refractivity contribution in [3.05, 3.63) is 83.5 Å². The summed E-state index contributed by atoms with van der Waals surface area (Å²) in [6, 6.07) is 10.0. The van der Waals surface area contributed by atoms with Crippen LogP contribution in [0.4, 0.5) is 10.1 Å². The molecule has 0 spiro atoms. The van der Waals surface area contributed by atoms with E-state index in [4.69, 9.17) is 0 Å². The summed E-state index contributed by atoms with van der Waals surface area (Å²) in [5.74, 6) is -0.616. The Morgan fingerprint density at radius 2 is 1.90 bits per heavy atom. The monoisotopic (exact) mass is 393 g/mol. The lowest BCUT2D eigenvalue weighted by atomic mass is 10.2. The summed E-state index contributed by atoms with van der Waals surface area (Å²) >= 11 is 0. The van der Waals surface area contributed by atoms with E-state index in [0.717, 1.165) is 5.69 Å². The zero-order chi connectivity index (χ0) is 20.4. The lowest BCUT2D eigenvalue weighted by molar-refractivity contribution is 0.102. The number of carbonyl (C=O) groups excluding carboxylic acids is 1. The summed E-state index contributed by atoms with van der Waals surface area (Å²) in [4.78, 5) is 12.6. The second-order valence-corrected chi connectivity index (χ2v) is 6.68. The van der Waals surface area contributed by atoms with Crippen molar-refractivity contribution in [2.45, 2.75) is 27.1 Å². The van der Waals surface area contributed by atoms with Crippen LogP contribution in [0.2, 0.25) is 0 Å². The van der Waals surface area contributed by atoms with Crippen molar-refractivity contribution in [3.63, 3.8) is 0 Å². The second-order valence-electron chi connectivity index (χ2n) is 6.68. The van der Waals surface area contributed by atoms with Gasteiger partial charge in [0.1, 0.15) is 12.5 Å². The van der Waals surface area contributed by atoms with Gasteiger partial charge < -0.3 is 5.32 Å². The molecule has 0 atom stereocenters. The minimum atomic E-state index is -0.333. The van der Waals surface area contributed by atoms with Crippen LogP contribution in [-0.4, -0.2) is 35.2 Å². The van der Waals surface area contributed by atoms with Crippen LogP contribution in [-0.2, 0) is 13.2 Å². The maximum Gasteiger partial charge on any atom is 0.276 e. The number of benzene rings is 1. The van der Waals surface area contributed by atoms with Gasteiger partial charge in [0, 0.05) is 24.2 Å². The molecule has 29 heavy (non-hydrogen) atoms. The first-order valence-corrected chi connectivity index (χ1v) is 9.11. The molecule has 3 heterocycles. The van der Waals surface area contributed by atoms with Crippen LogP contribution in [0.25, 0.3) is 0 Å². The van der Waals surface area contributed by atoms with Gasteiger partial charge in [0.2, 0.25) is 0 Å². The average Bonchev–Trinajstić information content (AvgIpc) is 3.43. The van der Waals surface area contributed by atoms with Gasteiger partial charge in [-0.05, 0) is 32.0 Å². The molecule has 4 rings (SSSR count). The summed E-state index contributed by atoms with van der Waals surface area (Å²) in [5, 5.41) is 15.7. The van der Waals surface area contributed by atoms with Gasteiger partial charge in [-0.3, -0.25) is 18.8 Å². The fourth-order valence-electron chi connectivity index (χ4n) is 3.09. The van der Waals surface area contributed by atoms with E-state index < -0.39 is 0 Å². The highest BCUT2D eigenvalue weighted by Crippen LogP contribution is 2.21. The predicted octanol–water partition coefficient (Wildman–Crippen LogP) is 2.84. The van der Waals surface area contributed by atoms with Crippen molar-refractivity contribution in [1.29, 1.82) is 0 Å². The molecular formula is C20H20FN7O. The van der Waals surface area contributed by atoms with E-state index in [-0.39, 0.29) is 24.0 Å². The molecular weight excluding hydrogens is 373 g/mol. The third-order valence-corrected chi connectivity index (χ3v) is 4.62. The average molecular weight is 393 g/mol. The molecule has 0 bridgehead atoms. The molecule has 0 aliphatic rings. The summed E-state index contributed by atoms with van der Waals surface area (Å²) in [5.41, 5.74) is 2.83. The van der Waals surface area contributed by atoms with Crippen molar-refractivity contribution in [2.24, 2.45) is 0 Å². The van der Waals surface area contributed by atoms with Crippen LogP contribution in [0.15, 0.2) is 55.0 Å². The normalized spacial score (nSPS) is 11.0. The molecule has 0 saturated heterocycles. The van der Waals surface area contributed by atoms with Gasteiger partial charge in [-0.15, -0.1) is 0 Å². The van der Waals surface area contributed by atoms with Crippen molar-refractivity contribution >= 4 is 11.6 Å². The lowest BCUT2D eigenvalue weighted by Gasteiger charge is -2.07. The Labute approximate surface area is 166 Å². The molecule has 148 valence electrons. The first-order valence-electron chi connectivity index (χ1n) is 9.11. The van der Waals surface area contributed by atoms with E-state index >= 15 is 0 Å². The number of aryl methyl sites for hydroxylation is 1. The van der Waals surface area contributed by atoms with Gasteiger partial charge in [-0.2, -0.15) is 15.3 Å².